The second-order valence-electron chi connectivity index (χ2n) is 6.66. The molecule has 0 unspecified atom stereocenters. The van der Waals surface area contributed by atoms with Crippen LogP contribution in [0.5, 0.6) is 5.75 Å². The van der Waals surface area contributed by atoms with Crippen molar-refractivity contribution in [2.24, 2.45) is 0 Å². The first-order valence-electron chi connectivity index (χ1n) is 8.48. The number of rotatable bonds is 1. The van der Waals surface area contributed by atoms with Gasteiger partial charge in [-0.3, -0.25) is 4.79 Å². The third-order valence-electron chi connectivity index (χ3n) is 5.22. The van der Waals surface area contributed by atoms with Gasteiger partial charge in [0.05, 0.1) is 5.56 Å². The lowest BCUT2D eigenvalue weighted by molar-refractivity contribution is -0.0107. The van der Waals surface area contributed by atoms with E-state index in [0.29, 0.717) is 0 Å². The molecule has 0 N–H and O–H groups in total. The molecule has 2 aliphatic heterocycles. The fraction of sp³-hybridized carbons (Fsp3) is 0.350. The van der Waals surface area contributed by atoms with Gasteiger partial charge < -0.3 is 9.64 Å². The molecule has 3 nitrogen and oxygen atoms in total. The molecule has 1 saturated heterocycles. The SMILES string of the molecule is O=C(c1ccccc1Br)N1CCC2(CCc3ccccc3O2)CC1. The van der Waals surface area contributed by atoms with Gasteiger partial charge in [0.15, 0.2) is 0 Å². The van der Waals surface area contributed by atoms with Crippen LogP contribution in [0, 0.1) is 0 Å². The largest absolute Gasteiger partial charge is 0.487 e. The monoisotopic (exact) mass is 385 g/mol. The zero-order chi connectivity index (χ0) is 16.6. The highest BCUT2D eigenvalue weighted by Crippen LogP contribution is 2.39. The van der Waals surface area contributed by atoms with E-state index in [1.165, 1.54) is 5.56 Å². The van der Waals surface area contributed by atoms with Crippen LogP contribution >= 0.6 is 15.9 Å². The number of carbonyl (C=O) groups is 1. The van der Waals surface area contributed by atoms with Gasteiger partial charge in [-0.05, 0) is 52.5 Å². The Hall–Kier alpha value is -1.81. The van der Waals surface area contributed by atoms with Crippen LogP contribution in [0.2, 0.25) is 0 Å². The number of hydrogen-bond acceptors (Lipinski definition) is 2. The number of nitrogens with zero attached hydrogens (tertiary/aromatic N) is 1. The van der Waals surface area contributed by atoms with Crippen molar-refractivity contribution in [1.29, 1.82) is 0 Å². The van der Waals surface area contributed by atoms with E-state index in [1.807, 2.05) is 35.2 Å². The summed E-state index contributed by atoms with van der Waals surface area (Å²) in [6, 6.07) is 15.9. The van der Waals surface area contributed by atoms with Crippen molar-refractivity contribution in [3.63, 3.8) is 0 Å². The Morgan fingerprint density at radius 2 is 1.71 bits per heavy atom. The average Bonchev–Trinajstić information content (AvgIpc) is 2.62. The summed E-state index contributed by atoms with van der Waals surface area (Å²) >= 11 is 3.48. The highest BCUT2D eigenvalue weighted by Gasteiger charge is 2.40. The molecular weight excluding hydrogens is 366 g/mol. The minimum Gasteiger partial charge on any atom is -0.487 e. The third kappa shape index (κ3) is 2.84. The van der Waals surface area contributed by atoms with Crippen LogP contribution in [-0.4, -0.2) is 29.5 Å². The van der Waals surface area contributed by atoms with Crippen molar-refractivity contribution in [3.05, 3.63) is 64.1 Å². The zero-order valence-electron chi connectivity index (χ0n) is 13.5. The number of halogens is 1. The van der Waals surface area contributed by atoms with Crippen LogP contribution in [-0.2, 0) is 6.42 Å². The minimum absolute atomic E-state index is 0.0982. The quantitative estimate of drug-likeness (QED) is 0.725. The number of para-hydroxylation sites is 1. The first kappa shape index (κ1) is 15.7. The maximum Gasteiger partial charge on any atom is 0.255 e. The molecule has 2 aliphatic rings. The van der Waals surface area contributed by atoms with Gasteiger partial charge in [0, 0.05) is 30.4 Å². The van der Waals surface area contributed by atoms with Gasteiger partial charge in [-0.2, -0.15) is 0 Å². The van der Waals surface area contributed by atoms with E-state index in [0.717, 1.165) is 54.6 Å². The predicted octanol–water partition coefficient (Wildman–Crippen LogP) is 4.45. The summed E-state index contributed by atoms with van der Waals surface area (Å²) in [6.45, 7) is 1.50. The van der Waals surface area contributed by atoms with Crippen molar-refractivity contribution in [2.45, 2.75) is 31.3 Å². The first-order chi connectivity index (χ1) is 11.7. The third-order valence-corrected chi connectivity index (χ3v) is 5.91. The number of benzene rings is 2. The molecule has 0 bridgehead atoms. The van der Waals surface area contributed by atoms with E-state index in [-0.39, 0.29) is 11.5 Å². The van der Waals surface area contributed by atoms with Crippen molar-refractivity contribution < 1.29 is 9.53 Å². The summed E-state index contributed by atoms with van der Waals surface area (Å²) in [7, 11) is 0. The summed E-state index contributed by atoms with van der Waals surface area (Å²) in [6.07, 6.45) is 3.91. The van der Waals surface area contributed by atoms with Crippen LogP contribution in [0.1, 0.15) is 35.2 Å². The van der Waals surface area contributed by atoms with E-state index in [9.17, 15) is 4.79 Å². The van der Waals surface area contributed by atoms with E-state index >= 15 is 0 Å². The Bertz CT molecular complexity index is 766. The highest BCUT2D eigenvalue weighted by molar-refractivity contribution is 9.10. The molecule has 124 valence electrons. The number of ether oxygens (including phenoxy) is 1. The van der Waals surface area contributed by atoms with Gasteiger partial charge in [-0.1, -0.05) is 30.3 Å². The molecule has 2 aromatic rings. The molecule has 24 heavy (non-hydrogen) atoms. The molecule has 0 saturated carbocycles. The van der Waals surface area contributed by atoms with Crippen molar-refractivity contribution in [1.82, 2.24) is 4.90 Å². The molecule has 1 spiro atoms. The Labute approximate surface area is 150 Å². The predicted molar refractivity (Wildman–Crippen MR) is 97.4 cm³/mol. The summed E-state index contributed by atoms with van der Waals surface area (Å²) < 4.78 is 7.23. The Kier molecular flexibility index (Phi) is 4.09. The van der Waals surface area contributed by atoms with Crippen LogP contribution in [0.15, 0.2) is 53.0 Å². The fourth-order valence-electron chi connectivity index (χ4n) is 3.73. The smallest absolute Gasteiger partial charge is 0.255 e. The summed E-state index contributed by atoms with van der Waals surface area (Å²) in [4.78, 5) is 14.7. The van der Waals surface area contributed by atoms with Crippen molar-refractivity contribution in [3.8, 4) is 5.75 Å². The van der Waals surface area contributed by atoms with Crippen LogP contribution in [0.4, 0.5) is 0 Å². The van der Waals surface area contributed by atoms with Gasteiger partial charge in [0.2, 0.25) is 0 Å². The number of amides is 1. The van der Waals surface area contributed by atoms with E-state index in [2.05, 4.69) is 34.1 Å². The summed E-state index contributed by atoms with van der Waals surface area (Å²) in [5.41, 5.74) is 1.94. The topological polar surface area (TPSA) is 29.5 Å². The molecule has 2 heterocycles. The number of piperidine rings is 1. The zero-order valence-corrected chi connectivity index (χ0v) is 15.1. The second kappa shape index (κ2) is 6.25. The van der Waals surface area contributed by atoms with Crippen molar-refractivity contribution >= 4 is 21.8 Å². The average molecular weight is 386 g/mol. The van der Waals surface area contributed by atoms with Gasteiger partial charge in [-0.25, -0.2) is 0 Å². The maximum absolute atomic E-state index is 12.7. The van der Waals surface area contributed by atoms with Crippen LogP contribution < -0.4 is 4.74 Å². The molecule has 2 aromatic carbocycles. The minimum atomic E-state index is -0.0982. The van der Waals surface area contributed by atoms with Gasteiger partial charge >= 0.3 is 0 Å². The number of aryl methyl sites for hydroxylation is 1. The second-order valence-corrected chi connectivity index (χ2v) is 7.52. The van der Waals surface area contributed by atoms with Crippen LogP contribution in [0.3, 0.4) is 0 Å². The maximum atomic E-state index is 12.7. The number of fused-ring (bicyclic) bond motifs is 1. The fourth-order valence-corrected chi connectivity index (χ4v) is 4.19. The van der Waals surface area contributed by atoms with E-state index in [1.54, 1.807) is 0 Å². The Morgan fingerprint density at radius 1 is 1.00 bits per heavy atom. The molecule has 1 fully saturated rings. The lowest BCUT2D eigenvalue weighted by Crippen LogP contribution is -2.51. The molecule has 0 atom stereocenters. The first-order valence-corrected chi connectivity index (χ1v) is 9.27. The van der Waals surface area contributed by atoms with E-state index in [4.69, 9.17) is 4.74 Å². The summed E-state index contributed by atoms with van der Waals surface area (Å²) in [5, 5.41) is 0. The van der Waals surface area contributed by atoms with E-state index < -0.39 is 0 Å². The van der Waals surface area contributed by atoms with Gasteiger partial charge in [0.25, 0.3) is 5.91 Å². The normalized spacial score (nSPS) is 18.8. The summed E-state index contributed by atoms with van der Waals surface area (Å²) in [5.74, 6) is 1.13. The molecular formula is C20H20BrNO2. The molecule has 1 amide bonds. The van der Waals surface area contributed by atoms with Crippen LogP contribution in [0.25, 0.3) is 0 Å². The Balaban J connectivity index is 1.46. The molecule has 0 radical (unpaired) electrons. The van der Waals surface area contributed by atoms with Crippen molar-refractivity contribution in [2.75, 3.05) is 13.1 Å². The number of hydrogen-bond donors (Lipinski definition) is 0. The number of carbonyl (C=O) groups excluding carboxylic acids is 1. The van der Waals surface area contributed by atoms with Gasteiger partial charge in [-0.15, -0.1) is 0 Å². The molecule has 4 rings (SSSR count). The van der Waals surface area contributed by atoms with Gasteiger partial charge in [0.1, 0.15) is 11.4 Å². The standard InChI is InChI=1S/C20H20BrNO2/c21-17-7-3-2-6-16(17)19(23)22-13-11-20(12-14-22)10-9-15-5-1-4-8-18(15)24-20/h1-8H,9-14H2. The Morgan fingerprint density at radius 3 is 2.50 bits per heavy atom. The lowest BCUT2D eigenvalue weighted by atomic mass is 9.83. The lowest BCUT2D eigenvalue weighted by Gasteiger charge is -2.44. The number of likely N-dealkylation sites (tertiary alicyclic amines) is 1. The molecule has 0 aliphatic carbocycles. The highest BCUT2D eigenvalue weighted by atomic mass is 79.9. The molecule has 4 heteroatoms. The molecule has 0 aromatic heterocycles.